The molecule has 3 rings (SSSR count). The Hall–Kier alpha value is -2.26. The van der Waals surface area contributed by atoms with E-state index in [0.29, 0.717) is 34.9 Å². The molecular formula is C17H14ClNO2. The van der Waals surface area contributed by atoms with Crippen LogP contribution in [0.2, 0.25) is 5.02 Å². The average Bonchev–Trinajstić information content (AvgIpc) is 2.90. The standard InChI is InChI=1S/C17H14ClNO2/c18-14-6-2-4-12-10-16(21-17(12)14)15(20)8-7-11-3-1-5-13(19)9-11/h1-6,9-10H,7-8,19H2. The Labute approximate surface area is 127 Å². The van der Waals surface area contributed by atoms with Crippen LogP contribution in [0, 0.1) is 0 Å². The number of nitrogen functional groups attached to an aromatic ring is 1. The summed E-state index contributed by atoms with van der Waals surface area (Å²) in [4.78, 5) is 12.2. The van der Waals surface area contributed by atoms with E-state index in [0.717, 1.165) is 10.9 Å². The number of benzene rings is 2. The van der Waals surface area contributed by atoms with Crippen LogP contribution in [-0.2, 0) is 6.42 Å². The van der Waals surface area contributed by atoms with Gasteiger partial charge in [-0.25, -0.2) is 0 Å². The third-order valence-electron chi connectivity index (χ3n) is 3.36. The van der Waals surface area contributed by atoms with Gasteiger partial charge in [0.25, 0.3) is 0 Å². The predicted octanol–water partition coefficient (Wildman–Crippen LogP) is 4.48. The molecule has 0 spiro atoms. The molecule has 2 N–H and O–H groups in total. The molecule has 0 bridgehead atoms. The fourth-order valence-corrected chi connectivity index (χ4v) is 2.52. The highest BCUT2D eigenvalue weighted by Crippen LogP contribution is 2.27. The van der Waals surface area contributed by atoms with Gasteiger partial charge in [-0.2, -0.15) is 0 Å². The van der Waals surface area contributed by atoms with Crippen molar-refractivity contribution in [2.45, 2.75) is 12.8 Å². The highest BCUT2D eigenvalue weighted by molar-refractivity contribution is 6.34. The molecule has 0 aliphatic rings. The maximum Gasteiger partial charge on any atom is 0.198 e. The van der Waals surface area contributed by atoms with Gasteiger partial charge in [0.05, 0.1) is 5.02 Å². The van der Waals surface area contributed by atoms with Crippen LogP contribution in [0.25, 0.3) is 11.0 Å². The van der Waals surface area contributed by atoms with Gasteiger partial charge in [-0.3, -0.25) is 4.79 Å². The number of fused-ring (bicyclic) bond motifs is 1. The van der Waals surface area contributed by atoms with E-state index in [4.69, 9.17) is 21.8 Å². The van der Waals surface area contributed by atoms with E-state index in [2.05, 4.69) is 0 Å². The molecule has 2 aromatic carbocycles. The van der Waals surface area contributed by atoms with Crippen LogP contribution in [0.5, 0.6) is 0 Å². The maximum atomic E-state index is 12.2. The number of aryl methyl sites for hydroxylation is 1. The van der Waals surface area contributed by atoms with Crippen LogP contribution in [0.1, 0.15) is 22.5 Å². The number of carbonyl (C=O) groups excluding carboxylic acids is 1. The smallest absolute Gasteiger partial charge is 0.198 e. The minimum Gasteiger partial charge on any atom is -0.451 e. The van der Waals surface area contributed by atoms with Crippen molar-refractivity contribution in [1.82, 2.24) is 0 Å². The van der Waals surface area contributed by atoms with Crippen molar-refractivity contribution in [3.63, 3.8) is 0 Å². The Bertz CT molecular complexity index is 807. The van der Waals surface area contributed by atoms with Crippen molar-refractivity contribution in [1.29, 1.82) is 0 Å². The second-order valence-corrected chi connectivity index (χ2v) is 5.34. The lowest BCUT2D eigenvalue weighted by Crippen LogP contribution is -2.00. The Kier molecular flexibility index (Phi) is 3.67. The van der Waals surface area contributed by atoms with E-state index in [1.807, 2.05) is 36.4 Å². The molecule has 0 fully saturated rings. The minimum atomic E-state index is -0.0373. The van der Waals surface area contributed by atoms with Crippen molar-refractivity contribution in [3.05, 3.63) is 64.9 Å². The number of hydrogen-bond donors (Lipinski definition) is 1. The molecule has 0 amide bonds. The summed E-state index contributed by atoms with van der Waals surface area (Å²) >= 11 is 6.05. The molecule has 0 saturated heterocycles. The molecule has 3 aromatic rings. The molecule has 0 radical (unpaired) electrons. The molecule has 0 aliphatic carbocycles. The van der Waals surface area contributed by atoms with Gasteiger partial charge in [0.2, 0.25) is 0 Å². The number of anilines is 1. The molecule has 1 aromatic heterocycles. The molecule has 106 valence electrons. The quantitative estimate of drug-likeness (QED) is 0.570. The zero-order valence-corrected chi connectivity index (χ0v) is 12.1. The van der Waals surface area contributed by atoms with Gasteiger partial charge in [-0.15, -0.1) is 0 Å². The monoisotopic (exact) mass is 299 g/mol. The molecule has 3 nitrogen and oxygen atoms in total. The fourth-order valence-electron chi connectivity index (χ4n) is 2.29. The normalized spacial score (nSPS) is 10.9. The van der Waals surface area contributed by atoms with E-state index in [1.165, 1.54) is 0 Å². The van der Waals surface area contributed by atoms with E-state index in [9.17, 15) is 4.79 Å². The van der Waals surface area contributed by atoms with Gasteiger partial charge in [-0.1, -0.05) is 35.9 Å². The summed E-state index contributed by atoms with van der Waals surface area (Å²) in [6, 6.07) is 14.7. The van der Waals surface area contributed by atoms with Crippen molar-refractivity contribution >= 4 is 34.0 Å². The first-order valence-corrected chi connectivity index (χ1v) is 7.07. The van der Waals surface area contributed by atoms with Crippen molar-refractivity contribution in [2.24, 2.45) is 0 Å². The molecule has 21 heavy (non-hydrogen) atoms. The Morgan fingerprint density at radius 2 is 1.95 bits per heavy atom. The van der Waals surface area contributed by atoms with Crippen LogP contribution in [-0.4, -0.2) is 5.78 Å². The summed E-state index contributed by atoms with van der Waals surface area (Å²) in [5, 5.41) is 1.36. The van der Waals surface area contributed by atoms with Gasteiger partial charge in [0, 0.05) is 17.5 Å². The molecule has 0 unspecified atom stereocenters. The second-order valence-electron chi connectivity index (χ2n) is 4.94. The van der Waals surface area contributed by atoms with Crippen LogP contribution in [0.4, 0.5) is 5.69 Å². The zero-order chi connectivity index (χ0) is 14.8. The van der Waals surface area contributed by atoms with Crippen molar-refractivity contribution in [2.75, 3.05) is 5.73 Å². The summed E-state index contributed by atoms with van der Waals surface area (Å²) in [5.41, 5.74) is 8.03. The number of Topliss-reactive ketones (excluding diaryl/α,β-unsaturated/α-hetero) is 1. The summed E-state index contributed by atoms with van der Waals surface area (Å²) in [6.45, 7) is 0. The van der Waals surface area contributed by atoms with Crippen LogP contribution in [0.3, 0.4) is 0 Å². The zero-order valence-electron chi connectivity index (χ0n) is 11.3. The highest BCUT2D eigenvalue weighted by atomic mass is 35.5. The molecule has 0 saturated carbocycles. The second kappa shape index (κ2) is 5.62. The topological polar surface area (TPSA) is 56.2 Å². The number of hydrogen-bond acceptors (Lipinski definition) is 3. The van der Waals surface area contributed by atoms with Crippen molar-refractivity contribution < 1.29 is 9.21 Å². The number of carbonyl (C=O) groups is 1. The lowest BCUT2D eigenvalue weighted by atomic mass is 10.1. The third-order valence-corrected chi connectivity index (χ3v) is 3.66. The van der Waals surface area contributed by atoms with Gasteiger partial charge in [0.15, 0.2) is 17.1 Å². The first-order valence-electron chi connectivity index (χ1n) is 6.69. The fraction of sp³-hybridized carbons (Fsp3) is 0.118. The number of furan rings is 1. The lowest BCUT2D eigenvalue weighted by Gasteiger charge is -2.01. The number of rotatable bonds is 4. The average molecular weight is 300 g/mol. The molecule has 4 heteroatoms. The van der Waals surface area contributed by atoms with Crippen LogP contribution >= 0.6 is 11.6 Å². The first kappa shape index (κ1) is 13.7. The highest BCUT2D eigenvalue weighted by Gasteiger charge is 2.13. The van der Waals surface area contributed by atoms with Gasteiger partial charge >= 0.3 is 0 Å². The maximum absolute atomic E-state index is 12.2. The number of halogens is 1. The Morgan fingerprint density at radius 3 is 2.71 bits per heavy atom. The summed E-state index contributed by atoms with van der Waals surface area (Å²) in [5.74, 6) is 0.312. The first-order chi connectivity index (χ1) is 10.1. The minimum absolute atomic E-state index is 0.0373. The molecule has 0 atom stereocenters. The van der Waals surface area contributed by atoms with Gasteiger partial charge in [0.1, 0.15) is 0 Å². The third kappa shape index (κ3) is 2.93. The Morgan fingerprint density at radius 1 is 1.14 bits per heavy atom. The summed E-state index contributed by atoms with van der Waals surface area (Å²) in [6.07, 6.45) is 1.01. The molecular weight excluding hydrogens is 286 g/mol. The van der Waals surface area contributed by atoms with Crippen LogP contribution < -0.4 is 5.73 Å². The van der Waals surface area contributed by atoms with E-state index < -0.39 is 0 Å². The largest absolute Gasteiger partial charge is 0.451 e. The van der Waals surface area contributed by atoms with Gasteiger partial charge in [-0.05, 0) is 36.2 Å². The summed E-state index contributed by atoms with van der Waals surface area (Å²) in [7, 11) is 0. The van der Waals surface area contributed by atoms with Crippen LogP contribution in [0.15, 0.2) is 52.9 Å². The van der Waals surface area contributed by atoms with E-state index in [1.54, 1.807) is 12.1 Å². The van der Waals surface area contributed by atoms with E-state index >= 15 is 0 Å². The Balaban J connectivity index is 1.76. The van der Waals surface area contributed by atoms with Gasteiger partial charge < -0.3 is 10.2 Å². The number of ketones is 1. The molecule has 0 aliphatic heterocycles. The van der Waals surface area contributed by atoms with Crippen molar-refractivity contribution in [3.8, 4) is 0 Å². The number of para-hydroxylation sites is 1. The van der Waals surface area contributed by atoms with E-state index in [-0.39, 0.29) is 5.78 Å². The number of nitrogens with two attached hydrogens (primary N) is 1. The summed E-state index contributed by atoms with van der Waals surface area (Å²) < 4.78 is 5.57. The predicted molar refractivity (Wildman–Crippen MR) is 84.7 cm³/mol. The molecule has 1 heterocycles. The lowest BCUT2D eigenvalue weighted by molar-refractivity contribution is 0.0958. The SMILES string of the molecule is Nc1cccc(CCC(=O)c2cc3cccc(Cl)c3o2)c1.